The molecule has 0 amide bonds. The van der Waals surface area contributed by atoms with E-state index in [0.29, 0.717) is 18.3 Å². The summed E-state index contributed by atoms with van der Waals surface area (Å²) in [5.74, 6) is 1.53. The van der Waals surface area contributed by atoms with Crippen molar-refractivity contribution in [3.8, 4) is 0 Å². The van der Waals surface area contributed by atoms with E-state index < -0.39 is 0 Å². The normalized spacial score (nSPS) is 14.1. The van der Waals surface area contributed by atoms with Gasteiger partial charge in [0.05, 0.1) is 18.8 Å². The lowest BCUT2D eigenvalue weighted by Gasteiger charge is -2.16. The molecule has 2 N–H and O–H groups in total. The molecule has 2 heterocycles. The molecule has 0 aromatic carbocycles. The van der Waals surface area contributed by atoms with Crippen LogP contribution >= 0.6 is 11.3 Å². The number of hydrogen-bond donors (Lipinski definition) is 1. The lowest BCUT2D eigenvalue weighted by Crippen LogP contribution is -2.22. The highest BCUT2D eigenvalue weighted by molar-refractivity contribution is 7.11. The smallest absolute Gasteiger partial charge is 0.229 e. The average molecular weight is 333 g/mol. The van der Waals surface area contributed by atoms with Crippen molar-refractivity contribution >= 4 is 23.2 Å². The van der Waals surface area contributed by atoms with E-state index in [4.69, 9.17) is 10.7 Å². The quantitative estimate of drug-likeness (QED) is 0.887. The number of aryl methyl sites for hydroxylation is 2. The Kier molecular flexibility index (Phi) is 4.72. The summed E-state index contributed by atoms with van der Waals surface area (Å²) in [6.07, 6.45) is 4.88. The topological polar surface area (TPSA) is 84.1 Å². The van der Waals surface area contributed by atoms with Gasteiger partial charge in [-0.2, -0.15) is 15.0 Å². The van der Waals surface area contributed by atoms with Gasteiger partial charge >= 0.3 is 0 Å². The van der Waals surface area contributed by atoms with Gasteiger partial charge in [0.15, 0.2) is 0 Å². The second-order valence-corrected chi connectivity index (χ2v) is 7.33. The third-order valence-electron chi connectivity index (χ3n) is 3.79. The molecule has 0 atom stereocenters. The van der Waals surface area contributed by atoms with E-state index in [-0.39, 0.29) is 5.95 Å². The minimum absolute atomic E-state index is 0.261. The highest BCUT2D eigenvalue weighted by Gasteiger charge is 2.16. The summed E-state index contributed by atoms with van der Waals surface area (Å²) in [6, 6.07) is 0. The van der Waals surface area contributed by atoms with Crippen LogP contribution in [0.15, 0.2) is 0 Å². The van der Waals surface area contributed by atoms with E-state index in [1.54, 1.807) is 0 Å². The lowest BCUT2D eigenvalue weighted by molar-refractivity contribution is 0.309. The first kappa shape index (κ1) is 16.1. The Hall–Kier alpha value is -1.80. The Labute approximate surface area is 140 Å². The number of thiazole rings is 1. The van der Waals surface area contributed by atoms with Crippen molar-refractivity contribution in [2.45, 2.75) is 38.8 Å². The van der Waals surface area contributed by atoms with Crippen molar-refractivity contribution < 1.29 is 0 Å². The fraction of sp³-hybridized carbons (Fsp3) is 0.600. The fourth-order valence-corrected chi connectivity index (χ4v) is 3.93. The zero-order chi connectivity index (χ0) is 16.4. The number of rotatable bonds is 5. The van der Waals surface area contributed by atoms with Gasteiger partial charge in [-0.1, -0.05) is 0 Å². The highest BCUT2D eigenvalue weighted by atomic mass is 32.1. The average Bonchev–Trinajstić information content (AvgIpc) is 2.88. The molecule has 0 unspecified atom stereocenters. The van der Waals surface area contributed by atoms with Crippen LogP contribution in [0.1, 0.15) is 34.2 Å². The van der Waals surface area contributed by atoms with Gasteiger partial charge in [0, 0.05) is 19.0 Å². The molecule has 3 rings (SSSR count). The molecule has 2 aromatic rings. The van der Waals surface area contributed by atoms with E-state index >= 15 is 0 Å². The first-order chi connectivity index (χ1) is 11.0. The second-order valence-electron chi connectivity index (χ2n) is 6.16. The van der Waals surface area contributed by atoms with Gasteiger partial charge in [-0.15, -0.1) is 11.3 Å². The fourth-order valence-electron chi connectivity index (χ4n) is 2.70. The maximum atomic E-state index is 5.77. The molecule has 1 aliphatic carbocycles. The van der Waals surface area contributed by atoms with Crippen LogP contribution in [0.4, 0.5) is 11.9 Å². The van der Waals surface area contributed by atoms with Gasteiger partial charge in [-0.3, -0.25) is 4.90 Å². The van der Waals surface area contributed by atoms with Crippen molar-refractivity contribution in [2.75, 3.05) is 31.8 Å². The van der Waals surface area contributed by atoms with Crippen LogP contribution in [0.25, 0.3) is 0 Å². The summed E-state index contributed by atoms with van der Waals surface area (Å²) in [4.78, 5) is 23.1. The molecule has 0 aliphatic heterocycles. The molecule has 0 radical (unpaired) electrons. The largest absolute Gasteiger partial charge is 0.368 e. The Bertz CT molecular complexity index is 659. The number of nitrogens with two attached hydrogens (primary N) is 1. The lowest BCUT2D eigenvalue weighted by atomic mass is 10.0. The van der Waals surface area contributed by atoms with E-state index in [0.717, 1.165) is 13.0 Å². The molecule has 1 aliphatic rings. The van der Waals surface area contributed by atoms with Crippen molar-refractivity contribution in [2.24, 2.45) is 0 Å². The molecule has 0 bridgehead atoms. The summed E-state index contributed by atoms with van der Waals surface area (Å²) >= 11 is 1.85. The van der Waals surface area contributed by atoms with E-state index in [9.17, 15) is 0 Å². The maximum Gasteiger partial charge on any atom is 0.229 e. The van der Waals surface area contributed by atoms with E-state index in [1.807, 2.05) is 30.3 Å². The van der Waals surface area contributed by atoms with Crippen molar-refractivity contribution in [3.05, 3.63) is 21.4 Å². The monoisotopic (exact) mass is 333 g/mol. The third kappa shape index (κ3) is 3.94. The molecule has 7 nitrogen and oxygen atoms in total. The highest BCUT2D eigenvalue weighted by Crippen LogP contribution is 2.27. The van der Waals surface area contributed by atoms with Gasteiger partial charge in [0.25, 0.3) is 0 Å². The van der Waals surface area contributed by atoms with Crippen LogP contribution in [0.2, 0.25) is 0 Å². The maximum absolute atomic E-state index is 5.77. The third-order valence-corrected chi connectivity index (χ3v) is 4.94. The molecule has 0 saturated carbocycles. The van der Waals surface area contributed by atoms with Gasteiger partial charge in [0.2, 0.25) is 11.9 Å². The number of hydrogen-bond acceptors (Lipinski definition) is 8. The van der Waals surface area contributed by atoms with Gasteiger partial charge in [0.1, 0.15) is 10.8 Å². The van der Waals surface area contributed by atoms with Crippen LogP contribution in [-0.4, -0.2) is 46.0 Å². The van der Waals surface area contributed by atoms with Crippen molar-refractivity contribution in [1.29, 1.82) is 0 Å². The van der Waals surface area contributed by atoms with E-state index in [2.05, 4.69) is 26.9 Å². The standard InChI is InChI=1S/C15H23N7S/c1-21(2)15-19-12(18-14(16)20-15)8-22(3)9-13-17-10-6-4-5-7-11(10)23-13/h4-9H2,1-3H3,(H2,16,18,19,20). The van der Waals surface area contributed by atoms with Gasteiger partial charge in [-0.25, -0.2) is 4.98 Å². The number of aromatic nitrogens is 4. The number of nitrogen functional groups attached to an aromatic ring is 1. The predicted octanol–water partition coefficient (Wildman–Crippen LogP) is 1.49. The Morgan fingerprint density at radius 3 is 2.52 bits per heavy atom. The van der Waals surface area contributed by atoms with Gasteiger partial charge in [-0.05, 0) is 32.7 Å². The van der Waals surface area contributed by atoms with Crippen molar-refractivity contribution in [1.82, 2.24) is 24.8 Å². The number of anilines is 2. The summed E-state index contributed by atoms with van der Waals surface area (Å²) in [5.41, 5.74) is 7.08. The SMILES string of the molecule is CN(Cc1nc(N)nc(N(C)C)n1)Cc1nc2c(s1)CCCC2. The molecule has 0 saturated heterocycles. The Morgan fingerprint density at radius 2 is 1.78 bits per heavy atom. The van der Waals surface area contributed by atoms with Crippen molar-refractivity contribution in [3.63, 3.8) is 0 Å². The predicted molar refractivity (Wildman–Crippen MR) is 92.5 cm³/mol. The minimum atomic E-state index is 0.261. The van der Waals surface area contributed by atoms with Crippen LogP contribution in [0.5, 0.6) is 0 Å². The van der Waals surface area contributed by atoms with Crippen LogP contribution in [0, 0.1) is 0 Å². The number of fused-ring (bicyclic) bond motifs is 1. The number of nitrogens with zero attached hydrogens (tertiary/aromatic N) is 6. The van der Waals surface area contributed by atoms with Gasteiger partial charge < -0.3 is 10.6 Å². The molecule has 124 valence electrons. The second kappa shape index (κ2) is 6.76. The first-order valence-electron chi connectivity index (χ1n) is 7.85. The van der Waals surface area contributed by atoms with Crippen LogP contribution in [0.3, 0.4) is 0 Å². The molecule has 8 heteroatoms. The zero-order valence-electron chi connectivity index (χ0n) is 13.9. The minimum Gasteiger partial charge on any atom is -0.368 e. The Morgan fingerprint density at radius 1 is 1.00 bits per heavy atom. The van der Waals surface area contributed by atoms with Crippen LogP contribution in [-0.2, 0) is 25.9 Å². The summed E-state index contributed by atoms with van der Waals surface area (Å²) in [7, 11) is 5.83. The zero-order valence-corrected chi connectivity index (χ0v) is 14.7. The molecular formula is C15H23N7S. The summed E-state index contributed by atoms with van der Waals surface area (Å²) < 4.78 is 0. The summed E-state index contributed by atoms with van der Waals surface area (Å²) in [6.45, 7) is 1.43. The first-order valence-corrected chi connectivity index (χ1v) is 8.66. The Balaban J connectivity index is 1.67. The van der Waals surface area contributed by atoms with Crippen LogP contribution < -0.4 is 10.6 Å². The molecule has 0 fully saturated rings. The van der Waals surface area contributed by atoms with E-state index in [1.165, 1.54) is 34.8 Å². The molecule has 23 heavy (non-hydrogen) atoms. The molecular weight excluding hydrogens is 310 g/mol. The summed E-state index contributed by atoms with van der Waals surface area (Å²) in [5, 5.41) is 1.18. The molecule has 0 spiro atoms. The molecule has 2 aromatic heterocycles.